The van der Waals surface area contributed by atoms with Gasteiger partial charge < -0.3 is 169 Å². The van der Waals surface area contributed by atoms with Crippen LogP contribution in [0, 0.1) is 11.8 Å². The van der Waals surface area contributed by atoms with Gasteiger partial charge in [0.05, 0.1) is 63.1 Å². The number of hydrogen-bond acceptors (Lipinski definition) is 32. The quantitative estimate of drug-likeness (QED) is 0.0233. The number of carboxylic acids is 4. The molecule has 0 saturated heterocycles. The summed E-state index contributed by atoms with van der Waals surface area (Å²) in [5.41, 5.74) is 15.9. The zero-order valence-corrected chi connectivity index (χ0v) is 81.5. The van der Waals surface area contributed by atoms with Crippen molar-refractivity contribution < 1.29 is 161 Å². The number of nitrogens with one attached hydrogen (secondary N) is 19. The predicted molar refractivity (Wildman–Crippen MR) is 504 cm³/mol. The van der Waals surface area contributed by atoms with Gasteiger partial charge in [0.2, 0.25) is 112 Å². The molecule has 1 heterocycles. The van der Waals surface area contributed by atoms with E-state index in [-0.39, 0.29) is 37.1 Å². The van der Waals surface area contributed by atoms with Gasteiger partial charge in [-0.05, 0) is 128 Å². The minimum atomic E-state index is -2.23. The number of aromatic nitrogens is 2. The molecule has 0 radical (unpaired) electrons. The van der Waals surface area contributed by atoms with E-state index in [1.807, 2.05) is 10.6 Å². The summed E-state index contributed by atoms with van der Waals surface area (Å²) < 4.78 is 0. The summed E-state index contributed by atoms with van der Waals surface area (Å²) in [4.78, 5) is 316. The zero-order chi connectivity index (χ0) is 110. The largest absolute Gasteiger partial charge is 0.508 e. The smallest absolute Gasteiger partial charge is 0.326 e. The summed E-state index contributed by atoms with van der Waals surface area (Å²) in [6.07, 6.45) is -6.50. The number of carbonyl (C=O) groups excluding carboxylic acids is 19. The van der Waals surface area contributed by atoms with Gasteiger partial charge in [-0.2, -0.15) is 0 Å². The van der Waals surface area contributed by atoms with Crippen LogP contribution < -0.4 is 113 Å². The number of carbonyl (C=O) groups is 23. The number of aliphatic hydroxyl groups excluding tert-OH is 5. The van der Waals surface area contributed by atoms with Crippen molar-refractivity contribution in [2.75, 3.05) is 32.9 Å². The Hall–Kier alpha value is -15.0. The molecule has 56 heteroatoms. The van der Waals surface area contributed by atoms with Gasteiger partial charge in [-0.1, -0.05) is 70.2 Å². The highest BCUT2D eigenvalue weighted by atomic mass is 16.4. The maximum absolute atomic E-state index is 14.6. The highest BCUT2D eigenvalue weighted by molar-refractivity contribution is 6.03. The summed E-state index contributed by atoms with van der Waals surface area (Å²) in [5.74, 6) is -30.7. The van der Waals surface area contributed by atoms with Crippen molar-refractivity contribution >= 4 is 136 Å². The average molecular weight is 2060 g/mol. The number of carboxylic acid groups (broad SMARTS) is 4. The van der Waals surface area contributed by atoms with Gasteiger partial charge >= 0.3 is 23.9 Å². The van der Waals surface area contributed by atoms with Crippen LogP contribution in [0.5, 0.6) is 5.75 Å². The second-order valence-corrected chi connectivity index (χ2v) is 35.4. The molecule has 2 aromatic carbocycles. The highest BCUT2D eigenvalue weighted by Crippen LogP contribution is 2.18. The van der Waals surface area contributed by atoms with Crippen LogP contribution in [0.15, 0.2) is 67.1 Å². The standard InChI is InChI=1S/C89H135N23O33/c1-41(2)30-56(77(133)99-52(24-27-65(121)122)74(130)94-36-64(120)98-53(23-26-63(92)119)75(131)97-43(5)71(127)96-44(6)72(128)100-55(87(143)144)18-14-15-29-90)101-78(134)57(32-48-19-21-50(118)22-20-48)102-81(137)60(37-113)105-83(139)62(39-115)106-84(140)68(42(3)4)109-80(136)59(34-67(125)126)103-82(138)61(38-114)107-86(142)70(46(8)117)111-79(135)58(31-47-16-12-11-13-17-47)104-85(141)69(45(7)116)110-76(132)54(25-28-66(123)124)108-88(145)89(9,10)112-73(129)51(91)33-49-35-93-40-95-49/h11-13,16-17,19-22,35,40-46,51-62,68-70,113-118H,14-15,18,23-34,36-39,90-91H2,1-10H3,(H2,92,119)(H,93,95)(H,94,130)(H,96,127)(H,97,131)(H,98,120)(H,99,133)(H,100,128)(H,101,134)(H,102,137)(H,103,138)(H,104,141)(H,105,139)(H,106,140)(H,107,142)(H,108,145)(H,109,136)(H,110,132)(H,111,135)(H,112,129)(H,121,122)(H,123,124)(H,125,126)(H,143,144)/t43-,44-,45+,46+,51-,52-,53-,54-,55-,56-,57-,58-,59-,60-,61-,62-,68-,69-,70-/m0/s1. The number of aromatic hydroxyl groups is 1. The number of rotatable bonds is 66. The van der Waals surface area contributed by atoms with Crippen LogP contribution in [0.1, 0.15) is 157 Å². The van der Waals surface area contributed by atoms with E-state index < -0.39 is 353 Å². The lowest BCUT2D eigenvalue weighted by molar-refractivity contribution is -0.142. The van der Waals surface area contributed by atoms with Gasteiger partial charge in [-0.3, -0.25) is 105 Å². The van der Waals surface area contributed by atoms with E-state index in [0.717, 1.165) is 13.8 Å². The first-order valence-electron chi connectivity index (χ1n) is 46.0. The molecular weight excluding hydrogens is 1920 g/mol. The Morgan fingerprint density at radius 2 is 0.793 bits per heavy atom. The predicted octanol–water partition coefficient (Wildman–Crippen LogP) is -11.6. The number of amides is 19. The van der Waals surface area contributed by atoms with Crippen molar-refractivity contribution in [2.24, 2.45) is 29.0 Å². The molecule has 3 aromatic rings. The molecule has 804 valence electrons. The van der Waals surface area contributed by atoms with Crippen molar-refractivity contribution in [3.05, 3.63) is 83.9 Å². The van der Waals surface area contributed by atoms with Crippen LogP contribution in [0.25, 0.3) is 0 Å². The Balaban J connectivity index is 1.83. The average Bonchev–Trinajstić information content (AvgIpc) is 0.845. The fraction of sp³-hybridized carbons (Fsp3) is 0.573. The normalized spacial score (nSPS) is 15.2. The van der Waals surface area contributed by atoms with Crippen molar-refractivity contribution in [3.63, 3.8) is 0 Å². The Kier molecular flexibility index (Phi) is 52.9. The van der Waals surface area contributed by atoms with Gasteiger partial charge in [0.1, 0.15) is 108 Å². The summed E-state index contributed by atoms with van der Waals surface area (Å²) in [5, 5.41) is 143. The number of primary amides is 1. The SMILES string of the molecule is CC(C)C[C@H](NC(=O)[C@H](Cc1ccc(O)cc1)NC(=O)[C@H](CO)NC(=O)[C@H](CO)NC(=O)[C@@H](NC(=O)[C@H](CC(=O)O)NC(=O)[C@H](CO)NC(=O)[C@@H](NC(=O)[C@H](Cc1ccccc1)NC(=O)[C@@H](NC(=O)[C@H](CCC(=O)O)NC(=O)C(C)(C)NC(=O)[C@@H](N)Cc1c[nH]cn1)[C@@H](C)O)[C@@H](C)O)C(C)C)C(=O)N[C@@H](CCC(=O)O)C(=O)NCC(=O)N[C@@H](CCC(N)=O)C(=O)N[C@@H](C)C(=O)N[C@@H](C)C(=O)N[C@@H](CCCCN)C(=O)O. The number of aliphatic hydroxyl groups is 5. The molecule has 0 unspecified atom stereocenters. The minimum Gasteiger partial charge on any atom is -0.508 e. The number of nitrogens with two attached hydrogens (primary N) is 3. The number of hydrogen-bond donors (Lipinski definition) is 32. The van der Waals surface area contributed by atoms with Crippen LogP contribution in [0.4, 0.5) is 0 Å². The lowest BCUT2D eigenvalue weighted by Gasteiger charge is -2.30. The Morgan fingerprint density at radius 3 is 1.26 bits per heavy atom. The second kappa shape index (κ2) is 61.7. The highest BCUT2D eigenvalue weighted by Gasteiger charge is 2.43. The maximum atomic E-state index is 14.6. The number of unbranched alkanes of at least 4 members (excludes halogenated alkanes) is 1. The first kappa shape index (κ1) is 124. The zero-order valence-electron chi connectivity index (χ0n) is 81.5. The fourth-order valence-corrected chi connectivity index (χ4v) is 13.6. The molecule has 3 rings (SSSR count). The molecule has 56 nitrogen and oxygen atoms in total. The lowest BCUT2D eigenvalue weighted by atomic mass is 10.00. The molecule has 0 aliphatic rings. The number of phenols is 1. The molecule has 19 amide bonds. The Bertz CT molecular complexity index is 4950. The molecule has 0 saturated carbocycles. The van der Waals surface area contributed by atoms with Gasteiger partial charge in [0.25, 0.3) is 0 Å². The number of phenolic OH excluding ortho intramolecular Hbond substituents is 1. The van der Waals surface area contributed by atoms with E-state index >= 15 is 0 Å². The number of nitrogens with zero attached hydrogens (tertiary/aromatic N) is 1. The number of aromatic amines is 1. The lowest BCUT2D eigenvalue weighted by Crippen LogP contribution is -2.64. The van der Waals surface area contributed by atoms with E-state index in [2.05, 4.69) is 95.0 Å². The van der Waals surface area contributed by atoms with Crippen molar-refractivity contribution in [2.45, 2.75) is 280 Å². The monoisotopic (exact) mass is 2050 g/mol. The van der Waals surface area contributed by atoms with Gasteiger partial charge in [0, 0.05) is 44.7 Å². The summed E-state index contributed by atoms with van der Waals surface area (Å²) in [6.45, 7) is 8.00. The van der Waals surface area contributed by atoms with E-state index in [1.54, 1.807) is 19.9 Å². The Labute approximate surface area is 831 Å². The van der Waals surface area contributed by atoms with Crippen LogP contribution in [-0.4, -0.2) is 351 Å². The minimum absolute atomic E-state index is 0.0277. The molecule has 1 aromatic heterocycles. The van der Waals surface area contributed by atoms with Crippen molar-refractivity contribution in [1.29, 1.82) is 0 Å². The first-order valence-corrected chi connectivity index (χ1v) is 46.0. The number of imidazole rings is 1. The summed E-state index contributed by atoms with van der Waals surface area (Å²) in [7, 11) is 0. The maximum Gasteiger partial charge on any atom is 0.326 e. The number of aliphatic carboxylic acids is 4. The topological polar surface area (TPSA) is 918 Å². The van der Waals surface area contributed by atoms with E-state index in [4.69, 9.17) is 17.2 Å². The van der Waals surface area contributed by atoms with Gasteiger partial charge in [-0.25, -0.2) is 9.78 Å². The third-order valence-electron chi connectivity index (χ3n) is 21.8. The van der Waals surface area contributed by atoms with Crippen molar-refractivity contribution in [3.8, 4) is 5.75 Å². The molecule has 0 fully saturated rings. The summed E-state index contributed by atoms with van der Waals surface area (Å²) in [6, 6.07) is -17.9. The molecular formula is C89H135N23O33. The molecule has 0 spiro atoms. The third kappa shape index (κ3) is 44.6. The first-order chi connectivity index (χ1) is 68.0. The molecule has 0 aliphatic carbocycles. The van der Waals surface area contributed by atoms with E-state index in [0.29, 0.717) is 24.1 Å². The molecule has 0 aliphatic heterocycles. The molecule has 35 N–H and O–H groups in total. The second-order valence-electron chi connectivity index (χ2n) is 35.4. The van der Waals surface area contributed by atoms with Crippen molar-refractivity contribution in [1.82, 2.24) is 106 Å². The van der Waals surface area contributed by atoms with E-state index in [1.165, 1.54) is 103 Å². The number of benzene rings is 2. The van der Waals surface area contributed by atoms with E-state index in [9.17, 15) is 161 Å². The summed E-state index contributed by atoms with van der Waals surface area (Å²) >= 11 is 0. The van der Waals surface area contributed by atoms with Crippen LogP contribution >= 0.6 is 0 Å². The van der Waals surface area contributed by atoms with Crippen LogP contribution in [0.3, 0.4) is 0 Å². The Morgan fingerprint density at radius 1 is 0.400 bits per heavy atom. The third-order valence-corrected chi connectivity index (χ3v) is 21.8. The van der Waals surface area contributed by atoms with Gasteiger partial charge in [-0.15, -0.1) is 0 Å². The molecule has 19 atom stereocenters. The molecule has 0 bridgehead atoms. The fourth-order valence-electron chi connectivity index (χ4n) is 13.6. The van der Waals surface area contributed by atoms with Crippen LogP contribution in [0.2, 0.25) is 0 Å². The molecule has 145 heavy (non-hydrogen) atoms. The number of H-pyrrole nitrogens is 1. The van der Waals surface area contributed by atoms with Gasteiger partial charge in [0.15, 0.2) is 0 Å². The van der Waals surface area contributed by atoms with Crippen LogP contribution in [-0.2, 0) is 130 Å².